The predicted molar refractivity (Wildman–Crippen MR) is 108 cm³/mol. The molecule has 1 fully saturated rings. The van der Waals surface area contributed by atoms with Crippen LogP contribution in [-0.4, -0.2) is 68.5 Å². The second-order valence-corrected chi connectivity index (χ2v) is 6.92. The van der Waals surface area contributed by atoms with Crippen LogP contribution in [0.15, 0.2) is 29.3 Å². The highest BCUT2D eigenvalue weighted by molar-refractivity contribution is 5.93. The molecule has 1 aromatic carbocycles. The van der Waals surface area contributed by atoms with E-state index in [2.05, 4.69) is 27.4 Å². The molecule has 1 heterocycles. The van der Waals surface area contributed by atoms with E-state index in [1.807, 2.05) is 24.3 Å². The smallest absolute Gasteiger partial charge is 0.253 e. The van der Waals surface area contributed by atoms with Crippen LogP contribution in [0.5, 0.6) is 0 Å². The summed E-state index contributed by atoms with van der Waals surface area (Å²) in [7, 11) is 3.53. The second-order valence-electron chi connectivity index (χ2n) is 6.92. The summed E-state index contributed by atoms with van der Waals surface area (Å²) in [5.74, 6) is 0.871. The Morgan fingerprint density at radius 3 is 2.46 bits per heavy atom. The summed E-state index contributed by atoms with van der Waals surface area (Å²) in [5, 5.41) is 6.70. The number of likely N-dealkylation sites (tertiary alicyclic amines) is 1. The molecule has 1 amide bonds. The number of hydrogen-bond acceptors (Lipinski definition) is 3. The number of carbonyl (C=O) groups is 1. The molecule has 1 aliphatic rings. The van der Waals surface area contributed by atoms with Crippen molar-refractivity contribution in [3.8, 4) is 0 Å². The van der Waals surface area contributed by atoms with Crippen LogP contribution in [0.2, 0.25) is 0 Å². The first-order chi connectivity index (χ1) is 12.6. The Hall–Kier alpha value is -2.08. The number of rotatable bonds is 8. The van der Waals surface area contributed by atoms with Gasteiger partial charge in [0.05, 0.1) is 6.54 Å². The fraction of sp³-hybridized carbons (Fsp3) is 0.600. The van der Waals surface area contributed by atoms with Gasteiger partial charge in [0.2, 0.25) is 0 Å². The Labute approximate surface area is 157 Å². The van der Waals surface area contributed by atoms with Gasteiger partial charge in [0.25, 0.3) is 5.91 Å². The van der Waals surface area contributed by atoms with E-state index in [1.54, 1.807) is 19.0 Å². The van der Waals surface area contributed by atoms with Crippen molar-refractivity contribution in [2.24, 2.45) is 4.99 Å². The molecule has 2 N–H and O–H groups in total. The minimum atomic E-state index is 0.0214. The summed E-state index contributed by atoms with van der Waals surface area (Å²) in [6.07, 6.45) is 3.82. The van der Waals surface area contributed by atoms with Gasteiger partial charge >= 0.3 is 0 Å². The van der Waals surface area contributed by atoms with Crippen molar-refractivity contribution in [2.75, 3.05) is 46.8 Å². The number of benzene rings is 1. The monoisotopic (exact) mass is 359 g/mol. The van der Waals surface area contributed by atoms with Crippen molar-refractivity contribution in [2.45, 2.75) is 32.7 Å². The molecule has 6 nitrogen and oxygen atoms in total. The minimum absolute atomic E-state index is 0.0214. The van der Waals surface area contributed by atoms with E-state index in [0.29, 0.717) is 12.1 Å². The summed E-state index contributed by atoms with van der Waals surface area (Å²) in [5.41, 5.74) is 1.80. The van der Waals surface area contributed by atoms with E-state index in [1.165, 1.54) is 25.9 Å². The molecule has 0 bridgehead atoms. The third-order valence-corrected chi connectivity index (χ3v) is 4.51. The molecular weight excluding hydrogens is 326 g/mol. The van der Waals surface area contributed by atoms with E-state index in [9.17, 15) is 4.79 Å². The van der Waals surface area contributed by atoms with Gasteiger partial charge in [0.1, 0.15) is 0 Å². The van der Waals surface area contributed by atoms with Crippen LogP contribution in [0.3, 0.4) is 0 Å². The highest BCUT2D eigenvalue weighted by Crippen LogP contribution is 2.08. The lowest BCUT2D eigenvalue weighted by Crippen LogP contribution is -2.38. The molecule has 1 aliphatic heterocycles. The molecule has 1 aromatic rings. The standard InChI is InChI=1S/C20H33N5O/c1-4-21-20(22-12-7-15-25-13-5-6-14-25)23-16-17-8-10-18(11-9-17)19(26)24(2)3/h8-11H,4-7,12-16H2,1-3H3,(H2,21,22,23). The minimum Gasteiger partial charge on any atom is -0.357 e. The molecule has 0 radical (unpaired) electrons. The molecule has 144 valence electrons. The summed E-state index contributed by atoms with van der Waals surface area (Å²) in [4.78, 5) is 20.7. The Kier molecular flexibility index (Phi) is 8.41. The largest absolute Gasteiger partial charge is 0.357 e. The second kappa shape index (κ2) is 10.8. The van der Waals surface area contributed by atoms with Gasteiger partial charge in [-0.15, -0.1) is 0 Å². The zero-order valence-corrected chi connectivity index (χ0v) is 16.4. The molecule has 1 saturated heterocycles. The number of aliphatic imine (C=N–C) groups is 1. The van der Waals surface area contributed by atoms with Crippen molar-refractivity contribution < 1.29 is 4.79 Å². The lowest BCUT2D eigenvalue weighted by molar-refractivity contribution is 0.0827. The van der Waals surface area contributed by atoms with Gasteiger partial charge in [0.15, 0.2) is 5.96 Å². The van der Waals surface area contributed by atoms with Crippen LogP contribution in [0, 0.1) is 0 Å². The lowest BCUT2D eigenvalue weighted by atomic mass is 10.1. The molecule has 2 rings (SSSR count). The van der Waals surface area contributed by atoms with Gasteiger partial charge in [-0.25, -0.2) is 4.99 Å². The SMILES string of the molecule is CCNC(=NCc1ccc(C(=O)N(C)C)cc1)NCCCN1CCCC1. The van der Waals surface area contributed by atoms with Crippen molar-refractivity contribution in [3.05, 3.63) is 35.4 Å². The average Bonchev–Trinajstić information content (AvgIpc) is 3.16. The molecule has 0 spiro atoms. The van der Waals surface area contributed by atoms with E-state index >= 15 is 0 Å². The van der Waals surface area contributed by atoms with Gasteiger partial charge in [0, 0.05) is 32.7 Å². The highest BCUT2D eigenvalue weighted by atomic mass is 16.2. The number of nitrogens with zero attached hydrogens (tertiary/aromatic N) is 3. The fourth-order valence-electron chi connectivity index (χ4n) is 3.04. The van der Waals surface area contributed by atoms with Crippen molar-refractivity contribution >= 4 is 11.9 Å². The first-order valence-corrected chi connectivity index (χ1v) is 9.65. The van der Waals surface area contributed by atoms with E-state index < -0.39 is 0 Å². The zero-order chi connectivity index (χ0) is 18.8. The topological polar surface area (TPSA) is 60.0 Å². The number of nitrogens with one attached hydrogen (secondary N) is 2. The molecule has 6 heteroatoms. The van der Waals surface area contributed by atoms with Crippen LogP contribution >= 0.6 is 0 Å². The summed E-state index contributed by atoms with van der Waals surface area (Å²) in [6.45, 7) is 8.10. The van der Waals surface area contributed by atoms with Crippen LogP contribution in [0.4, 0.5) is 0 Å². The maximum absolute atomic E-state index is 11.9. The normalized spacial score (nSPS) is 15.1. The Balaban J connectivity index is 1.80. The first kappa shape index (κ1) is 20.2. The third kappa shape index (κ3) is 6.67. The number of hydrogen-bond donors (Lipinski definition) is 2. The van der Waals surface area contributed by atoms with Crippen molar-refractivity contribution in [1.29, 1.82) is 0 Å². The zero-order valence-electron chi connectivity index (χ0n) is 16.4. The molecule has 0 atom stereocenters. The molecule has 0 aromatic heterocycles. The maximum atomic E-state index is 11.9. The summed E-state index contributed by atoms with van der Waals surface area (Å²) in [6, 6.07) is 7.67. The van der Waals surface area contributed by atoms with Crippen molar-refractivity contribution in [3.63, 3.8) is 0 Å². The Morgan fingerprint density at radius 1 is 1.15 bits per heavy atom. The van der Waals surface area contributed by atoms with E-state index in [4.69, 9.17) is 0 Å². The van der Waals surface area contributed by atoms with Gasteiger partial charge in [-0.3, -0.25) is 4.79 Å². The fourth-order valence-corrected chi connectivity index (χ4v) is 3.04. The first-order valence-electron chi connectivity index (χ1n) is 9.65. The van der Waals surface area contributed by atoms with Gasteiger partial charge in [-0.2, -0.15) is 0 Å². The van der Waals surface area contributed by atoms with Crippen LogP contribution in [0.1, 0.15) is 42.1 Å². The molecular formula is C20H33N5O. The van der Waals surface area contributed by atoms with Gasteiger partial charge < -0.3 is 20.4 Å². The van der Waals surface area contributed by atoms with Crippen LogP contribution in [-0.2, 0) is 6.54 Å². The third-order valence-electron chi connectivity index (χ3n) is 4.51. The highest BCUT2D eigenvalue weighted by Gasteiger charge is 2.10. The number of carbonyl (C=O) groups excluding carboxylic acids is 1. The maximum Gasteiger partial charge on any atom is 0.253 e. The quantitative estimate of drug-likeness (QED) is 0.423. The number of guanidine groups is 1. The van der Waals surface area contributed by atoms with E-state index in [0.717, 1.165) is 37.6 Å². The van der Waals surface area contributed by atoms with Gasteiger partial charge in [-0.1, -0.05) is 12.1 Å². The average molecular weight is 360 g/mol. The number of amides is 1. The van der Waals surface area contributed by atoms with E-state index in [-0.39, 0.29) is 5.91 Å². The Morgan fingerprint density at radius 2 is 1.85 bits per heavy atom. The molecule has 0 unspecified atom stereocenters. The lowest BCUT2D eigenvalue weighted by Gasteiger charge is -2.16. The predicted octanol–water partition coefficient (Wildman–Crippen LogP) is 1.93. The molecule has 0 saturated carbocycles. The summed E-state index contributed by atoms with van der Waals surface area (Å²) >= 11 is 0. The van der Waals surface area contributed by atoms with Crippen LogP contribution in [0.25, 0.3) is 0 Å². The Bertz CT molecular complexity index is 576. The van der Waals surface area contributed by atoms with Crippen molar-refractivity contribution in [1.82, 2.24) is 20.4 Å². The molecule has 26 heavy (non-hydrogen) atoms. The molecule has 0 aliphatic carbocycles. The summed E-state index contributed by atoms with van der Waals surface area (Å²) < 4.78 is 0. The van der Waals surface area contributed by atoms with Crippen LogP contribution < -0.4 is 10.6 Å². The van der Waals surface area contributed by atoms with Gasteiger partial charge in [-0.05, 0) is 63.5 Å².